The van der Waals surface area contributed by atoms with E-state index in [2.05, 4.69) is 38.2 Å². The van der Waals surface area contributed by atoms with E-state index in [1.807, 2.05) is 0 Å². The molecule has 0 saturated carbocycles. The van der Waals surface area contributed by atoms with Crippen LogP contribution in [-0.4, -0.2) is 46.9 Å². The highest BCUT2D eigenvalue weighted by atomic mass is 16.5. The van der Waals surface area contributed by atoms with Crippen molar-refractivity contribution in [2.24, 2.45) is 0 Å². The van der Waals surface area contributed by atoms with Gasteiger partial charge in [0.1, 0.15) is 6.10 Å². The van der Waals surface area contributed by atoms with Crippen LogP contribution in [0.3, 0.4) is 0 Å². The van der Waals surface area contributed by atoms with Crippen LogP contribution in [0.4, 0.5) is 0 Å². The fourth-order valence-electron chi connectivity index (χ4n) is 8.12. The standard InChI is InChI=1S/C52H101NO5/c1-4-7-10-13-16-19-21-22-23-24-25-26-27-28-30-33-36-39-42-45-52(57)58-48(43-40-37-34-31-18-15-12-9-6-3)46-51(56)53-49(47-54)50(55)44-41-38-35-32-29-20-17-14-11-8-5-2/h15,18,48-50,54-55H,4-14,16-17,19-47H2,1-3H3,(H,53,56)/b18-15-. The minimum atomic E-state index is -0.784. The second-order valence-corrected chi connectivity index (χ2v) is 17.9. The highest BCUT2D eigenvalue weighted by Crippen LogP contribution is 2.18. The third kappa shape index (κ3) is 41.3. The molecule has 0 aliphatic heterocycles. The Labute approximate surface area is 361 Å². The van der Waals surface area contributed by atoms with Gasteiger partial charge in [-0.25, -0.2) is 0 Å². The first-order chi connectivity index (χ1) is 28.5. The van der Waals surface area contributed by atoms with Crippen molar-refractivity contribution >= 4 is 11.9 Å². The van der Waals surface area contributed by atoms with Crippen LogP contribution in [0.5, 0.6) is 0 Å². The van der Waals surface area contributed by atoms with Gasteiger partial charge in [-0.3, -0.25) is 9.59 Å². The summed E-state index contributed by atoms with van der Waals surface area (Å²) >= 11 is 0. The van der Waals surface area contributed by atoms with E-state index in [9.17, 15) is 19.8 Å². The fraction of sp³-hybridized carbons (Fsp3) is 0.923. The molecule has 0 aromatic carbocycles. The number of unbranched alkanes of at least 4 members (excludes halogenated alkanes) is 33. The molecule has 6 heteroatoms. The summed E-state index contributed by atoms with van der Waals surface area (Å²) in [5.41, 5.74) is 0. The zero-order valence-electron chi connectivity index (χ0n) is 39.2. The molecule has 58 heavy (non-hydrogen) atoms. The van der Waals surface area contributed by atoms with E-state index in [0.29, 0.717) is 19.3 Å². The summed E-state index contributed by atoms with van der Waals surface area (Å²) in [5, 5.41) is 23.7. The van der Waals surface area contributed by atoms with Gasteiger partial charge < -0.3 is 20.3 Å². The van der Waals surface area contributed by atoms with Crippen LogP contribution >= 0.6 is 0 Å². The largest absolute Gasteiger partial charge is 0.462 e. The fourth-order valence-corrected chi connectivity index (χ4v) is 8.12. The molecule has 0 aromatic heterocycles. The van der Waals surface area contributed by atoms with Crippen molar-refractivity contribution in [3.63, 3.8) is 0 Å². The van der Waals surface area contributed by atoms with Crippen LogP contribution in [0.1, 0.15) is 284 Å². The molecule has 1 amide bonds. The lowest BCUT2D eigenvalue weighted by atomic mass is 10.0. The monoisotopic (exact) mass is 820 g/mol. The number of aliphatic hydroxyl groups excluding tert-OH is 2. The van der Waals surface area contributed by atoms with Gasteiger partial charge in [-0.2, -0.15) is 0 Å². The number of carbonyl (C=O) groups is 2. The highest BCUT2D eigenvalue weighted by Gasteiger charge is 2.24. The summed E-state index contributed by atoms with van der Waals surface area (Å²) in [4.78, 5) is 26.0. The first kappa shape index (κ1) is 56.6. The second kappa shape index (κ2) is 46.7. The Morgan fingerprint density at radius 1 is 0.483 bits per heavy atom. The number of esters is 1. The summed E-state index contributed by atoms with van der Waals surface area (Å²) in [6.07, 6.45) is 51.4. The third-order valence-electron chi connectivity index (χ3n) is 12.1. The van der Waals surface area contributed by atoms with Gasteiger partial charge in [-0.1, -0.05) is 238 Å². The summed E-state index contributed by atoms with van der Waals surface area (Å²) in [6, 6.07) is -0.698. The van der Waals surface area contributed by atoms with Gasteiger partial charge in [0.25, 0.3) is 0 Å². The zero-order valence-corrected chi connectivity index (χ0v) is 39.2. The van der Waals surface area contributed by atoms with Crippen molar-refractivity contribution in [1.29, 1.82) is 0 Å². The smallest absolute Gasteiger partial charge is 0.306 e. The normalized spacial score (nSPS) is 13.3. The summed E-state index contributed by atoms with van der Waals surface area (Å²) in [5.74, 6) is -0.476. The topological polar surface area (TPSA) is 95.9 Å². The molecular weight excluding hydrogens is 719 g/mol. The molecule has 0 aliphatic carbocycles. The van der Waals surface area contributed by atoms with Crippen LogP contribution < -0.4 is 5.32 Å². The van der Waals surface area contributed by atoms with Gasteiger partial charge in [-0.15, -0.1) is 0 Å². The molecule has 0 radical (unpaired) electrons. The number of nitrogens with one attached hydrogen (secondary N) is 1. The molecule has 6 nitrogen and oxygen atoms in total. The Balaban J connectivity index is 4.37. The number of hydrogen-bond donors (Lipinski definition) is 3. The van der Waals surface area contributed by atoms with Crippen molar-refractivity contribution < 1.29 is 24.5 Å². The average Bonchev–Trinajstić information content (AvgIpc) is 3.22. The van der Waals surface area contributed by atoms with E-state index in [4.69, 9.17) is 4.74 Å². The van der Waals surface area contributed by atoms with E-state index in [1.54, 1.807) is 0 Å². The van der Waals surface area contributed by atoms with Gasteiger partial charge in [-0.05, 0) is 44.9 Å². The van der Waals surface area contributed by atoms with Crippen LogP contribution in [0.15, 0.2) is 12.2 Å². The Bertz CT molecular complexity index is 878. The number of amides is 1. The Kier molecular flexibility index (Phi) is 45.5. The van der Waals surface area contributed by atoms with Crippen molar-refractivity contribution in [2.75, 3.05) is 6.61 Å². The quantitative estimate of drug-likeness (QED) is 0.0323. The Morgan fingerprint density at radius 3 is 1.28 bits per heavy atom. The molecular formula is C52H101NO5. The van der Waals surface area contributed by atoms with Crippen LogP contribution in [-0.2, 0) is 14.3 Å². The predicted molar refractivity (Wildman–Crippen MR) is 250 cm³/mol. The summed E-state index contributed by atoms with van der Waals surface area (Å²) in [7, 11) is 0. The first-order valence-corrected chi connectivity index (χ1v) is 25.9. The lowest BCUT2D eigenvalue weighted by Crippen LogP contribution is -2.46. The maximum Gasteiger partial charge on any atom is 0.306 e. The Hall–Kier alpha value is -1.40. The number of allylic oxidation sites excluding steroid dienone is 2. The maximum atomic E-state index is 13.1. The molecule has 344 valence electrons. The highest BCUT2D eigenvalue weighted by molar-refractivity contribution is 5.77. The van der Waals surface area contributed by atoms with Crippen molar-refractivity contribution in [2.45, 2.75) is 302 Å². The molecule has 0 heterocycles. The van der Waals surface area contributed by atoms with Gasteiger partial charge in [0, 0.05) is 6.42 Å². The molecule has 0 rings (SSSR count). The van der Waals surface area contributed by atoms with Crippen LogP contribution in [0.2, 0.25) is 0 Å². The molecule has 0 fully saturated rings. The summed E-state index contributed by atoms with van der Waals surface area (Å²) in [6.45, 7) is 6.45. The molecule has 3 atom stereocenters. The molecule has 0 bridgehead atoms. The number of aliphatic hydroxyl groups is 2. The zero-order chi connectivity index (χ0) is 42.4. The molecule has 0 aliphatic rings. The van der Waals surface area contributed by atoms with E-state index in [-0.39, 0.29) is 24.9 Å². The number of hydrogen-bond acceptors (Lipinski definition) is 5. The molecule has 0 saturated heterocycles. The predicted octanol–water partition coefficient (Wildman–Crippen LogP) is 15.3. The number of carbonyl (C=O) groups excluding carboxylic acids is 2. The minimum Gasteiger partial charge on any atom is -0.462 e. The first-order valence-electron chi connectivity index (χ1n) is 25.9. The molecule has 0 aromatic rings. The molecule has 0 spiro atoms. The van der Waals surface area contributed by atoms with E-state index < -0.39 is 18.2 Å². The van der Waals surface area contributed by atoms with E-state index in [1.165, 1.54) is 173 Å². The van der Waals surface area contributed by atoms with E-state index in [0.717, 1.165) is 64.2 Å². The minimum absolute atomic E-state index is 0.0729. The molecule has 3 unspecified atom stereocenters. The van der Waals surface area contributed by atoms with Crippen molar-refractivity contribution in [3.05, 3.63) is 12.2 Å². The second-order valence-electron chi connectivity index (χ2n) is 17.9. The van der Waals surface area contributed by atoms with Gasteiger partial charge >= 0.3 is 5.97 Å². The van der Waals surface area contributed by atoms with Crippen LogP contribution in [0, 0.1) is 0 Å². The van der Waals surface area contributed by atoms with Crippen LogP contribution in [0.25, 0.3) is 0 Å². The Morgan fingerprint density at radius 2 is 0.845 bits per heavy atom. The average molecular weight is 820 g/mol. The van der Waals surface area contributed by atoms with Gasteiger partial charge in [0.2, 0.25) is 5.91 Å². The van der Waals surface area contributed by atoms with E-state index >= 15 is 0 Å². The van der Waals surface area contributed by atoms with Gasteiger partial charge in [0.05, 0.1) is 25.2 Å². The van der Waals surface area contributed by atoms with Gasteiger partial charge in [0.15, 0.2) is 0 Å². The van der Waals surface area contributed by atoms with Crippen molar-refractivity contribution in [3.8, 4) is 0 Å². The lowest BCUT2D eigenvalue weighted by molar-refractivity contribution is -0.151. The number of rotatable bonds is 47. The number of ether oxygens (including phenoxy) is 1. The molecule has 3 N–H and O–H groups in total. The lowest BCUT2D eigenvalue weighted by Gasteiger charge is -2.24. The SMILES string of the molecule is CCCC/C=C\CCCCCC(CC(=O)NC(CO)C(O)CCCCCCCCCCCCC)OC(=O)CCCCCCCCCCCCCCCCCCCCC. The van der Waals surface area contributed by atoms with Crippen molar-refractivity contribution in [1.82, 2.24) is 5.32 Å². The third-order valence-corrected chi connectivity index (χ3v) is 12.1. The summed E-state index contributed by atoms with van der Waals surface area (Å²) < 4.78 is 5.91. The maximum absolute atomic E-state index is 13.1.